The maximum Gasteiger partial charge on any atom is 0.278 e. The van der Waals surface area contributed by atoms with Crippen molar-refractivity contribution in [1.29, 1.82) is 0 Å². The van der Waals surface area contributed by atoms with Crippen molar-refractivity contribution in [3.8, 4) is 11.1 Å². The highest BCUT2D eigenvalue weighted by Crippen LogP contribution is 2.31. The van der Waals surface area contributed by atoms with Crippen LogP contribution >= 0.6 is 15.9 Å². The Hall–Kier alpha value is -2.44. The summed E-state index contributed by atoms with van der Waals surface area (Å²) in [6.45, 7) is 2.86. The maximum absolute atomic E-state index is 12.8. The van der Waals surface area contributed by atoms with E-state index in [1.165, 1.54) is 4.68 Å². The largest absolute Gasteiger partial charge is 0.378 e. The zero-order valence-corrected chi connectivity index (χ0v) is 15.7. The van der Waals surface area contributed by atoms with E-state index in [9.17, 15) is 4.79 Å². The van der Waals surface area contributed by atoms with Gasteiger partial charge >= 0.3 is 0 Å². The lowest BCUT2D eigenvalue weighted by Crippen LogP contribution is -2.37. The van der Waals surface area contributed by atoms with Gasteiger partial charge in [0.2, 0.25) is 0 Å². The van der Waals surface area contributed by atoms with E-state index in [4.69, 9.17) is 4.74 Å². The molecule has 1 saturated heterocycles. The van der Waals surface area contributed by atoms with E-state index < -0.39 is 0 Å². The summed E-state index contributed by atoms with van der Waals surface area (Å²) in [5.74, 6) is 0.684. The van der Waals surface area contributed by atoms with Crippen LogP contribution in [-0.2, 0) is 4.74 Å². The van der Waals surface area contributed by atoms with E-state index in [2.05, 4.69) is 25.9 Å². The molecule has 6 heteroatoms. The molecule has 0 atom stereocenters. The maximum atomic E-state index is 12.8. The van der Waals surface area contributed by atoms with Crippen LogP contribution < -0.4 is 4.90 Å². The Balaban J connectivity index is 1.77. The molecule has 1 fully saturated rings. The monoisotopic (exact) mass is 411 g/mol. The van der Waals surface area contributed by atoms with Gasteiger partial charge < -0.3 is 9.64 Å². The second kappa shape index (κ2) is 7.43. The highest BCUT2D eigenvalue weighted by molar-refractivity contribution is 9.10. The molecule has 26 heavy (non-hydrogen) atoms. The topological polar surface area (TPSA) is 47.4 Å². The summed E-state index contributed by atoms with van der Waals surface area (Å²) in [7, 11) is 0. The fourth-order valence-electron chi connectivity index (χ4n) is 3.02. The fourth-order valence-corrected chi connectivity index (χ4v) is 3.29. The SMILES string of the molecule is O=C(c1ccccc1)n1cc(-c2ccc(Br)cc2)c(N2CCOCC2)n1. The molecule has 4 rings (SSSR count). The second-order valence-electron chi connectivity index (χ2n) is 6.09. The molecule has 5 nitrogen and oxygen atoms in total. The van der Waals surface area contributed by atoms with E-state index >= 15 is 0 Å². The first-order valence-corrected chi connectivity index (χ1v) is 9.30. The van der Waals surface area contributed by atoms with E-state index in [1.54, 1.807) is 12.1 Å². The molecule has 1 aromatic heterocycles. The third-order valence-electron chi connectivity index (χ3n) is 4.39. The fraction of sp³-hybridized carbons (Fsp3) is 0.200. The van der Waals surface area contributed by atoms with Crippen LogP contribution in [0, 0.1) is 0 Å². The number of halogens is 1. The highest BCUT2D eigenvalue weighted by Gasteiger charge is 2.22. The van der Waals surface area contributed by atoms with Gasteiger partial charge in [0.1, 0.15) is 0 Å². The quantitative estimate of drug-likeness (QED) is 0.656. The molecule has 0 N–H and O–H groups in total. The number of carbonyl (C=O) groups is 1. The van der Waals surface area contributed by atoms with Gasteiger partial charge in [0, 0.05) is 34.9 Å². The zero-order valence-electron chi connectivity index (χ0n) is 14.1. The van der Waals surface area contributed by atoms with Crippen molar-refractivity contribution in [2.75, 3.05) is 31.2 Å². The minimum absolute atomic E-state index is 0.136. The summed E-state index contributed by atoms with van der Waals surface area (Å²) in [4.78, 5) is 15.0. The van der Waals surface area contributed by atoms with Gasteiger partial charge in [-0.05, 0) is 29.8 Å². The molecule has 0 spiro atoms. The molecular weight excluding hydrogens is 394 g/mol. The van der Waals surface area contributed by atoms with Gasteiger partial charge in [-0.25, -0.2) is 4.68 Å². The summed E-state index contributed by atoms with van der Waals surface area (Å²) in [5, 5.41) is 4.63. The van der Waals surface area contributed by atoms with Crippen molar-refractivity contribution >= 4 is 27.7 Å². The van der Waals surface area contributed by atoms with Crippen LogP contribution in [0.3, 0.4) is 0 Å². The zero-order chi connectivity index (χ0) is 17.9. The highest BCUT2D eigenvalue weighted by atomic mass is 79.9. The predicted molar refractivity (Wildman–Crippen MR) is 105 cm³/mol. The molecule has 2 heterocycles. The first-order valence-electron chi connectivity index (χ1n) is 8.50. The molecule has 132 valence electrons. The Labute approximate surface area is 160 Å². The Kier molecular flexibility index (Phi) is 4.86. The minimum atomic E-state index is -0.136. The molecule has 0 saturated carbocycles. The Morgan fingerprint density at radius 2 is 1.69 bits per heavy atom. The van der Waals surface area contributed by atoms with Gasteiger partial charge in [0.15, 0.2) is 5.82 Å². The Bertz CT molecular complexity index is 901. The van der Waals surface area contributed by atoms with Crippen LogP contribution in [-0.4, -0.2) is 42.0 Å². The normalized spacial score (nSPS) is 14.4. The molecule has 0 radical (unpaired) electrons. The molecule has 1 aliphatic heterocycles. The molecular formula is C20H18BrN3O2. The van der Waals surface area contributed by atoms with Crippen molar-refractivity contribution in [3.05, 3.63) is 70.8 Å². The second-order valence-corrected chi connectivity index (χ2v) is 7.00. The van der Waals surface area contributed by atoms with E-state index in [0.717, 1.165) is 34.5 Å². The van der Waals surface area contributed by atoms with Crippen molar-refractivity contribution in [2.24, 2.45) is 0 Å². The lowest BCUT2D eigenvalue weighted by Gasteiger charge is -2.27. The molecule has 0 amide bonds. The van der Waals surface area contributed by atoms with Crippen molar-refractivity contribution in [1.82, 2.24) is 9.78 Å². The smallest absolute Gasteiger partial charge is 0.278 e. The lowest BCUT2D eigenvalue weighted by molar-refractivity contribution is 0.0945. The van der Waals surface area contributed by atoms with Crippen LogP contribution in [0.15, 0.2) is 65.3 Å². The number of benzene rings is 2. The number of ether oxygens (including phenoxy) is 1. The van der Waals surface area contributed by atoms with Crippen LogP contribution in [0.1, 0.15) is 10.4 Å². The van der Waals surface area contributed by atoms with Gasteiger partial charge in [-0.2, -0.15) is 0 Å². The van der Waals surface area contributed by atoms with Gasteiger partial charge in [0.05, 0.1) is 13.2 Å². The number of anilines is 1. The number of morpholine rings is 1. The molecule has 2 aromatic carbocycles. The summed E-state index contributed by atoms with van der Waals surface area (Å²) < 4.78 is 7.91. The van der Waals surface area contributed by atoms with Crippen LogP contribution in [0.25, 0.3) is 11.1 Å². The van der Waals surface area contributed by atoms with Gasteiger partial charge in [0.25, 0.3) is 5.91 Å². The summed E-state index contributed by atoms with van der Waals surface area (Å²) >= 11 is 3.47. The lowest BCUT2D eigenvalue weighted by atomic mass is 10.1. The standard InChI is InChI=1S/C20H18BrN3O2/c21-17-8-6-15(7-9-17)18-14-24(20(25)16-4-2-1-3-5-16)22-19(18)23-10-12-26-13-11-23/h1-9,14H,10-13H2. The average molecular weight is 412 g/mol. The molecule has 0 aliphatic carbocycles. The summed E-state index contributed by atoms with van der Waals surface area (Å²) in [5.41, 5.74) is 2.59. The number of rotatable bonds is 3. The van der Waals surface area contributed by atoms with Gasteiger partial charge in [-0.15, -0.1) is 5.10 Å². The summed E-state index contributed by atoms with van der Waals surface area (Å²) in [6.07, 6.45) is 1.82. The van der Waals surface area contributed by atoms with Crippen molar-refractivity contribution in [2.45, 2.75) is 0 Å². The third kappa shape index (κ3) is 3.43. The molecule has 1 aliphatic rings. The van der Waals surface area contributed by atoms with E-state index in [0.29, 0.717) is 18.8 Å². The average Bonchev–Trinajstić information content (AvgIpc) is 3.15. The number of carbonyl (C=O) groups excluding carboxylic acids is 1. The van der Waals surface area contributed by atoms with Crippen LogP contribution in [0.2, 0.25) is 0 Å². The molecule has 3 aromatic rings. The molecule has 0 unspecified atom stereocenters. The summed E-state index contributed by atoms with van der Waals surface area (Å²) in [6, 6.07) is 17.3. The van der Waals surface area contributed by atoms with Crippen molar-refractivity contribution in [3.63, 3.8) is 0 Å². The first kappa shape index (κ1) is 17.0. The predicted octanol–water partition coefficient (Wildman–Crippen LogP) is 3.84. The van der Waals surface area contributed by atoms with Crippen molar-refractivity contribution < 1.29 is 9.53 Å². The number of nitrogens with zero attached hydrogens (tertiary/aromatic N) is 3. The third-order valence-corrected chi connectivity index (χ3v) is 4.92. The molecule has 0 bridgehead atoms. The Morgan fingerprint density at radius 1 is 1.00 bits per heavy atom. The van der Waals surface area contributed by atoms with E-state index in [-0.39, 0.29) is 5.91 Å². The van der Waals surface area contributed by atoms with E-state index in [1.807, 2.05) is 48.7 Å². The van der Waals surface area contributed by atoms with Crippen LogP contribution in [0.5, 0.6) is 0 Å². The van der Waals surface area contributed by atoms with Gasteiger partial charge in [-0.1, -0.05) is 46.3 Å². The minimum Gasteiger partial charge on any atom is -0.378 e. The number of aromatic nitrogens is 2. The first-order chi connectivity index (χ1) is 12.7. The number of hydrogen-bond acceptors (Lipinski definition) is 4. The van der Waals surface area contributed by atoms with Gasteiger partial charge in [-0.3, -0.25) is 4.79 Å². The Morgan fingerprint density at radius 3 is 2.38 bits per heavy atom. The number of hydrogen-bond donors (Lipinski definition) is 0. The van der Waals surface area contributed by atoms with Crippen LogP contribution in [0.4, 0.5) is 5.82 Å².